The molecule has 5 aromatic rings. The summed E-state index contributed by atoms with van der Waals surface area (Å²) in [6.45, 7) is 1.42. The molecular weight excluding hydrogens is 482 g/mol. The van der Waals surface area contributed by atoms with Crippen molar-refractivity contribution >= 4 is 27.5 Å². The first-order valence-corrected chi connectivity index (χ1v) is 13.5. The maximum Gasteiger partial charge on any atom is 0.251 e. The lowest BCUT2D eigenvalue weighted by molar-refractivity contribution is 0.0935. The monoisotopic (exact) mass is 517 g/mol. The molecule has 0 saturated heterocycles. The fraction of sp³-hybridized carbons (Fsp3) is 0.206. The summed E-state index contributed by atoms with van der Waals surface area (Å²) >= 11 is 0. The maximum atomic E-state index is 13.2. The van der Waals surface area contributed by atoms with Gasteiger partial charge in [0.15, 0.2) is 0 Å². The van der Waals surface area contributed by atoms with Crippen LogP contribution in [-0.2, 0) is 12.8 Å². The lowest BCUT2D eigenvalue weighted by Crippen LogP contribution is -2.48. The van der Waals surface area contributed by atoms with Crippen molar-refractivity contribution in [3.8, 4) is 5.75 Å². The van der Waals surface area contributed by atoms with Gasteiger partial charge in [-0.15, -0.1) is 0 Å². The number of phenols is 1. The minimum absolute atomic E-state index is 0.131. The van der Waals surface area contributed by atoms with Gasteiger partial charge in [-0.05, 0) is 76.8 Å². The van der Waals surface area contributed by atoms with Crippen LogP contribution < -0.4 is 16.0 Å². The summed E-state index contributed by atoms with van der Waals surface area (Å²) in [7, 11) is 1.97. The zero-order valence-electron chi connectivity index (χ0n) is 22.2. The number of rotatable bonds is 11. The molecule has 5 heteroatoms. The number of phenolic OH excluding ortho intramolecular Hbond substituents is 1. The molecule has 0 spiro atoms. The highest BCUT2D eigenvalue weighted by atomic mass is 16.3. The number of nitrogens with one attached hydrogen (secondary N) is 3. The molecule has 2 atom stereocenters. The van der Waals surface area contributed by atoms with Crippen LogP contribution in [-0.4, -0.2) is 43.2 Å². The third-order valence-electron chi connectivity index (χ3n) is 7.21. The molecule has 1 amide bonds. The SMILES string of the molecule is CNC[C@H](Cc1ccc2ccccc2c1)NC[C@@H](Cc1cccc2ccccc12)NC(=O)c1ccc(O)cc1. The Kier molecular flexibility index (Phi) is 8.51. The van der Waals surface area contributed by atoms with Crippen molar-refractivity contribution in [2.45, 2.75) is 24.9 Å². The van der Waals surface area contributed by atoms with Crippen LogP contribution in [0.2, 0.25) is 0 Å². The molecule has 0 aliphatic carbocycles. The van der Waals surface area contributed by atoms with Crippen molar-refractivity contribution in [1.82, 2.24) is 16.0 Å². The maximum absolute atomic E-state index is 13.2. The molecule has 0 heterocycles. The largest absolute Gasteiger partial charge is 0.508 e. The predicted octanol–water partition coefficient (Wildman–Crippen LogP) is 5.46. The van der Waals surface area contributed by atoms with E-state index in [1.165, 1.54) is 32.7 Å². The molecule has 0 fully saturated rings. The molecule has 0 unspecified atom stereocenters. The normalized spacial score (nSPS) is 12.8. The minimum atomic E-state index is -0.151. The van der Waals surface area contributed by atoms with Crippen molar-refractivity contribution in [3.63, 3.8) is 0 Å². The molecule has 0 saturated carbocycles. The molecule has 0 aromatic heterocycles. The number of carbonyl (C=O) groups excluding carboxylic acids is 1. The van der Waals surface area contributed by atoms with E-state index in [-0.39, 0.29) is 23.7 Å². The highest BCUT2D eigenvalue weighted by molar-refractivity contribution is 5.94. The standard InChI is InChI=1S/C34H35N3O2/c1-35-22-30(20-24-13-14-25-7-2-3-9-28(25)19-24)36-23-31(37-34(39)27-15-17-32(38)18-16-27)21-29-11-6-10-26-8-4-5-12-33(26)29/h2-19,30-31,35-36,38H,20-23H2,1H3,(H,37,39)/t30-,31+/m0/s1. The van der Waals surface area contributed by atoms with Gasteiger partial charge in [-0.2, -0.15) is 0 Å². The van der Waals surface area contributed by atoms with Crippen molar-refractivity contribution in [1.29, 1.82) is 0 Å². The molecule has 0 aliphatic heterocycles. The molecule has 39 heavy (non-hydrogen) atoms. The van der Waals surface area contributed by atoms with Crippen molar-refractivity contribution in [3.05, 3.63) is 126 Å². The molecule has 198 valence electrons. The zero-order valence-corrected chi connectivity index (χ0v) is 22.2. The van der Waals surface area contributed by atoms with Gasteiger partial charge in [0.05, 0.1) is 0 Å². The van der Waals surface area contributed by atoms with Crippen LogP contribution in [0.1, 0.15) is 21.5 Å². The van der Waals surface area contributed by atoms with Gasteiger partial charge in [0, 0.05) is 30.7 Å². The number of hydrogen-bond acceptors (Lipinski definition) is 4. The highest BCUT2D eigenvalue weighted by Crippen LogP contribution is 2.21. The Bertz CT molecular complexity index is 1540. The van der Waals surface area contributed by atoms with E-state index in [2.05, 4.69) is 94.8 Å². The number of fused-ring (bicyclic) bond motifs is 2. The first-order chi connectivity index (χ1) is 19.1. The first-order valence-electron chi connectivity index (χ1n) is 13.5. The van der Waals surface area contributed by atoms with Gasteiger partial charge in [-0.1, -0.05) is 84.9 Å². The molecule has 0 bridgehead atoms. The third-order valence-corrected chi connectivity index (χ3v) is 7.21. The lowest BCUT2D eigenvalue weighted by atomic mass is 9.97. The van der Waals surface area contributed by atoms with Crippen molar-refractivity contribution < 1.29 is 9.90 Å². The van der Waals surface area contributed by atoms with Gasteiger partial charge in [-0.3, -0.25) is 4.79 Å². The van der Waals surface area contributed by atoms with Crippen molar-refractivity contribution in [2.75, 3.05) is 20.1 Å². The Balaban J connectivity index is 1.34. The van der Waals surface area contributed by atoms with E-state index < -0.39 is 0 Å². The summed E-state index contributed by atoms with van der Waals surface area (Å²) in [5.41, 5.74) is 3.00. The highest BCUT2D eigenvalue weighted by Gasteiger charge is 2.18. The molecule has 0 aliphatic rings. The quantitative estimate of drug-likeness (QED) is 0.188. The second-order valence-corrected chi connectivity index (χ2v) is 10.1. The zero-order chi connectivity index (χ0) is 27.0. The lowest BCUT2D eigenvalue weighted by Gasteiger charge is -2.25. The van der Waals surface area contributed by atoms with E-state index in [0.29, 0.717) is 18.5 Å². The summed E-state index contributed by atoms with van der Waals surface area (Å²) in [6, 6.07) is 36.2. The number of carbonyl (C=O) groups is 1. The van der Waals surface area contributed by atoms with Gasteiger partial charge in [0.2, 0.25) is 0 Å². The second-order valence-electron chi connectivity index (χ2n) is 10.1. The van der Waals surface area contributed by atoms with Crippen LogP contribution in [0.3, 0.4) is 0 Å². The van der Waals surface area contributed by atoms with E-state index in [4.69, 9.17) is 0 Å². The number of amides is 1. The average molecular weight is 518 g/mol. The van der Waals surface area contributed by atoms with Crippen LogP contribution in [0.15, 0.2) is 109 Å². The molecule has 5 aromatic carbocycles. The number of aromatic hydroxyl groups is 1. The van der Waals surface area contributed by atoms with Crippen LogP contribution >= 0.6 is 0 Å². The summed E-state index contributed by atoms with van der Waals surface area (Å²) < 4.78 is 0. The Morgan fingerprint density at radius 2 is 1.44 bits per heavy atom. The fourth-order valence-electron chi connectivity index (χ4n) is 5.21. The van der Waals surface area contributed by atoms with E-state index in [1.807, 2.05) is 13.1 Å². The Labute approximate surface area is 229 Å². The van der Waals surface area contributed by atoms with Crippen molar-refractivity contribution in [2.24, 2.45) is 0 Å². The van der Waals surface area contributed by atoms with Crippen LogP contribution in [0.5, 0.6) is 5.75 Å². The third kappa shape index (κ3) is 6.82. The summed E-state index contributed by atoms with van der Waals surface area (Å²) in [5, 5.41) is 24.8. The van der Waals surface area contributed by atoms with E-state index in [0.717, 1.165) is 13.0 Å². The van der Waals surface area contributed by atoms with E-state index in [9.17, 15) is 9.90 Å². The molecule has 5 nitrogen and oxygen atoms in total. The Morgan fingerprint density at radius 1 is 0.718 bits per heavy atom. The fourth-order valence-corrected chi connectivity index (χ4v) is 5.21. The van der Waals surface area contributed by atoms with Gasteiger partial charge in [0.25, 0.3) is 5.91 Å². The molecule has 0 radical (unpaired) electrons. The first kappa shape index (κ1) is 26.4. The van der Waals surface area contributed by atoms with Gasteiger partial charge >= 0.3 is 0 Å². The predicted molar refractivity (Wildman–Crippen MR) is 160 cm³/mol. The Morgan fingerprint density at radius 3 is 2.23 bits per heavy atom. The average Bonchev–Trinajstić information content (AvgIpc) is 2.96. The Hall–Kier alpha value is -4.19. The van der Waals surface area contributed by atoms with Gasteiger partial charge in [-0.25, -0.2) is 0 Å². The van der Waals surface area contributed by atoms with E-state index >= 15 is 0 Å². The van der Waals surface area contributed by atoms with Gasteiger partial charge < -0.3 is 21.1 Å². The summed E-state index contributed by atoms with van der Waals surface area (Å²) in [4.78, 5) is 13.2. The molecule has 4 N–H and O–H groups in total. The van der Waals surface area contributed by atoms with Crippen LogP contribution in [0, 0.1) is 0 Å². The van der Waals surface area contributed by atoms with E-state index in [1.54, 1.807) is 24.3 Å². The minimum Gasteiger partial charge on any atom is -0.508 e. The van der Waals surface area contributed by atoms with Gasteiger partial charge in [0.1, 0.15) is 5.75 Å². The summed E-state index contributed by atoms with van der Waals surface area (Å²) in [5.74, 6) is -0.00847. The second kappa shape index (κ2) is 12.6. The topological polar surface area (TPSA) is 73.4 Å². The molecular formula is C34H35N3O2. The number of hydrogen-bond donors (Lipinski definition) is 4. The smallest absolute Gasteiger partial charge is 0.251 e. The molecule has 5 rings (SSSR count). The van der Waals surface area contributed by atoms with Crippen LogP contribution in [0.25, 0.3) is 21.5 Å². The number of likely N-dealkylation sites (N-methyl/N-ethyl adjacent to an activating group) is 1. The summed E-state index contributed by atoms with van der Waals surface area (Å²) in [6.07, 6.45) is 1.57. The number of benzene rings is 5. The van der Waals surface area contributed by atoms with Crippen LogP contribution in [0.4, 0.5) is 0 Å².